The summed E-state index contributed by atoms with van der Waals surface area (Å²) in [6, 6.07) is 7.42. The van der Waals surface area contributed by atoms with E-state index in [4.69, 9.17) is 28.1 Å². The molecule has 0 unspecified atom stereocenters. The first-order valence-corrected chi connectivity index (χ1v) is 16.2. The molecule has 3 fully saturated rings. The maximum absolute atomic E-state index is 13.5. The number of phenols is 2. The number of aromatic hydroxyl groups is 2. The maximum Gasteiger partial charge on any atom is 0.229 e. The Morgan fingerprint density at radius 1 is 0.673 bits per heavy atom. The molecule has 1 aromatic heterocycles. The number of phenolic OH excluding ortho intramolecular Hbond substituents is 2. The van der Waals surface area contributed by atoms with Crippen molar-refractivity contribution in [1.82, 2.24) is 0 Å². The van der Waals surface area contributed by atoms with E-state index in [1.54, 1.807) is 0 Å². The van der Waals surface area contributed by atoms with Gasteiger partial charge in [-0.3, -0.25) is 4.79 Å². The lowest BCUT2D eigenvalue weighted by molar-refractivity contribution is -0.338. The van der Waals surface area contributed by atoms with Gasteiger partial charge in [0, 0.05) is 17.7 Å². The Kier molecular flexibility index (Phi) is 11.1. The van der Waals surface area contributed by atoms with Crippen LogP contribution in [-0.2, 0) is 18.9 Å². The van der Waals surface area contributed by atoms with Crippen LogP contribution < -0.4 is 10.2 Å². The number of aliphatic hydroxyl groups excluding tert-OH is 10. The van der Waals surface area contributed by atoms with Gasteiger partial charge < -0.3 is 89.4 Å². The van der Waals surface area contributed by atoms with Crippen molar-refractivity contribution in [3.63, 3.8) is 0 Å². The van der Waals surface area contributed by atoms with Gasteiger partial charge in [-0.1, -0.05) is 0 Å². The predicted molar refractivity (Wildman–Crippen MR) is 170 cm³/mol. The molecule has 2 aromatic carbocycles. The molecule has 19 heteroatoms. The number of aliphatic hydroxyl groups is 10. The molecule has 0 spiro atoms. The van der Waals surface area contributed by atoms with Gasteiger partial charge in [-0.05, 0) is 31.2 Å². The van der Waals surface area contributed by atoms with E-state index in [1.165, 1.54) is 31.2 Å². The molecule has 0 bridgehead atoms. The van der Waals surface area contributed by atoms with E-state index in [9.17, 15) is 66.1 Å². The van der Waals surface area contributed by atoms with Gasteiger partial charge in [0.15, 0.2) is 17.3 Å². The quantitative estimate of drug-likeness (QED) is 0.106. The minimum Gasteiger partial charge on any atom is -0.507 e. The summed E-state index contributed by atoms with van der Waals surface area (Å²) in [5.74, 6) is -1.48. The smallest absolute Gasteiger partial charge is 0.229 e. The molecular formula is C33H40O19. The highest BCUT2D eigenvalue weighted by Crippen LogP contribution is 2.45. The molecule has 0 radical (unpaired) electrons. The third kappa shape index (κ3) is 6.85. The zero-order valence-electron chi connectivity index (χ0n) is 27.3. The molecule has 3 aliphatic rings. The minimum atomic E-state index is -1.92. The lowest BCUT2D eigenvalue weighted by Crippen LogP contribution is -2.61. The lowest BCUT2D eigenvalue weighted by atomic mass is 9.89. The zero-order chi connectivity index (χ0) is 37.8. The Labute approximate surface area is 293 Å². The SMILES string of the molecule is C[C@H]1O[C@@H](O[C@@H]2[C@@H](O)[C@H](O)[C@@H](CO)O[C@H]2c2c(O)cc(O)c3c(=O)cc(-c4ccc(O[C@@H]5O[C@H](CO)[C@@H](O)[C@H](O)[C@H]5O)cc4)oc23)[C@H](O)[C@@H](O)[C@H]1O. The van der Waals surface area contributed by atoms with Crippen molar-refractivity contribution in [3.05, 3.63) is 52.2 Å². The van der Waals surface area contributed by atoms with Gasteiger partial charge in [0.2, 0.25) is 6.29 Å². The normalized spacial score (nSPS) is 38.3. The Morgan fingerprint density at radius 3 is 1.92 bits per heavy atom. The Hall–Kier alpha value is -3.51. The third-order valence-electron chi connectivity index (χ3n) is 9.49. The number of ether oxygens (including phenoxy) is 5. The first-order chi connectivity index (χ1) is 24.7. The van der Waals surface area contributed by atoms with Crippen LogP contribution in [0.3, 0.4) is 0 Å². The molecule has 6 rings (SSSR count). The molecule has 0 saturated carbocycles. The van der Waals surface area contributed by atoms with Gasteiger partial charge in [-0.15, -0.1) is 0 Å². The van der Waals surface area contributed by atoms with Crippen molar-refractivity contribution in [3.8, 4) is 28.6 Å². The average molecular weight is 741 g/mol. The Bertz CT molecular complexity index is 1760. The topological polar surface area (TPSA) is 319 Å². The van der Waals surface area contributed by atoms with E-state index in [-0.39, 0.29) is 22.6 Å². The van der Waals surface area contributed by atoms with Crippen LogP contribution in [0.4, 0.5) is 0 Å². The summed E-state index contributed by atoms with van der Waals surface area (Å²) in [7, 11) is 0. The van der Waals surface area contributed by atoms with Gasteiger partial charge >= 0.3 is 0 Å². The zero-order valence-corrected chi connectivity index (χ0v) is 27.3. The van der Waals surface area contributed by atoms with E-state index in [1.807, 2.05) is 0 Å². The Morgan fingerprint density at radius 2 is 1.27 bits per heavy atom. The van der Waals surface area contributed by atoms with Crippen LogP contribution in [0, 0.1) is 0 Å². The molecule has 3 aliphatic heterocycles. The summed E-state index contributed by atoms with van der Waals surface area (Å²) in [4.78, 5) is 13.5. The van der Waals surface area contributed by atoms with Crippen molar-refractivity contribution in [2.45, 2.75) is 98.9 Å². The van der Waals surface area contributed by atoms with Crippen molar-refractivity contribution < 1.29 is 89.4 Å². The molecule has 0 amide bonds. The molecule has 19 nitrogen and oxygen atoms in total. The fraction of sp³-hybridized carbons (Fsp3) is 0.545. The van der Waals surface area contributed by atoms with Crippen molar-refractivity contribution in [1.29, 1.82) is 0 Å². The summed E-state index contributed by atoms with van der Waals surface area (Å²) < 4.78 is 34.2. The summed E-state index contributed by atoms with van der Waals surface area (Å²) in [5, 5.41) is 124. The fourth-order valence-electron chi connectivity index (χ4n) is 6.49. The summed E-state index contributed by atoms with van der Waals surface area (Å²) in [5.41, 5.74) is -1.42. The highest BCUT2D eigenvalue weighted by molar-refractivity contribution is 5.89. The largest absolute Gasteiger partial charge is 0.507 e. The van der Waals surface area contributed by atoms with Crippen LogP contribution in [0.25, 0.3) is 22.3 Å². The van der Waals surface area contributed by atoms with Gasteiger partial charge in [0.05, 0.1) is 24.9 Å². The van der Waals surface area contributed by atoms with E-state index in [0.29, 0.717) is 0 Å². The standard InChI is InChI=1S/C33H40O19/c1-10-21(39)24(42)27(45)32(47-10)52-31-26(44)23(41)17(8-34)50-30(31)20-14(37)6-13(36)19-15(38)7-16(49-29(19)20)11-2-4-12(5-3-11)48-33-28(46)25(43)22(40)18(9-35)51-33/h2-7,10,17-18,21-28,30-37,39-46H,8-9H2,1H3/t10-,17-,18-,21+,22-,23-,24+,25+,26+,27-,28-,30+,31-,32+,33-/m1/s1. The maximum atomic E-state index is 13.5. The number of hydrogen-bond acceptors (Lipinski definition) is 19. The van der Waals surface area contributed by atoms with E-state index in [0.717, 1.165) is 12.1 Å². The molecule has 4 heterocycles. The minimum absolute atomic E-state index is 0.0875. The molecular weight excluding hydrogens is 700 g/mol. The first kappa shape index (κ1) is 38.2. The molecule has 12 N–H and O–H groups in total. The second-order valence-corrected chi connectivity index (χ2v) is 12.9. The molecule has 3 saturated heterocycles. The monoisotopic (exact) mass is 740 g/mol. The summed E-state index contributed by atoms with van der Waals surface area (Å²) in [6.07, 6.45) is -24.2. The second kappa shape index (κ2) is 15.1. The van der Waals surface area contributed by atoms with Crippen LogP contribution in [0.15, 0.2) is 45.6 Å². The van der Waals surface area contributed by atoms with Crippen molar-refractivity contribution >= 4 is 11.0 Å². The predicted octanol–water partition coefficient (Wildman–Crippen LogP) is -3.58. The second-order valence-electron chi connectivity index (χ2n) is 12.9. The van der Waals surface area contributed by atoms with Crippen LogP contribution in [0.5, 0.6) is 17.2 Å². The van der Waals surface area contributed by atoms with E-state index in [2.05, 4.69) is 0 Å². The fourth-order valence-corrected chi connectivity index (χ4v) is 6.49. The number of benzene rings is 2. The third-order valence-corrected chi connectivity index (χ3v) is 9.49. The summed E-state index contributed by atoms with van der Waals surface area (Å²) in [6.45, 7) is -0.128. The summed E-state index contributed by atoms with van der Waals surface area (Å²) >= 11 is 0. The van der Waals surface area contributed by atoms with Crippen molar-refractivity contribution in [2.24, 2.45) is 0 Å². The molecule has 15 atom stereocenters. The highest BCUT2D eigenvalue weighted by atomic mass is 16.7. The van der Waals surface area contributed by atoms with Gasteiger partial charge in [0.25, 0.3) is 0 Å². The van der Waals surface area contributed by atoms with Crippen LogP contribution in [0.1, 0.15) is 18.6 Å². The first-order valence-electron chi connectivity index (χ1n) is 16.2. The van der Waals surface area contributed by atoms with E-state index >= 15 is 0 Å². The van der Waals surface area contributed by atoms with Gasteiger partial charge in [-0.25, -0.2) is 0 Å². The molecule has 3 aromatic rings. The number of rotatable bonds is 8. The van der Waals surface area contributed by atoms with Gasteiger partial charge in [0.1, 0.15) is 102 Å². The molecule has 52 heavy (non-hydrogen) atoms. The molecule has 0 aliphatic carbocycles. The van der Waals surface area contributed by atoms with Gasteiger partial charge in [-0.2, -0.15) is 0 Å². The van der Waals surface area contributed by atoms with Crippen LogP contribution >= 0.6 is 0 Å². The average Bonchev–Trinajstić information content (AvgIpc) is 3.12. The number of fused-ring (bicyclic) bond motifs is 1. The van der Waals surface area contributed by atoms with E-state index < -0.39 is 133 Å². The van der Waals surface area contributed by atoms with Crippen molar-refractivity contribution in [2.75, 3.05) is 13.2 Å². The number of hydrogen-bond donors (Lipinski definition) is 12. The highest BCUT2D eigenvalue weighted by Gasteiger charge is 2.51. The van der Waals surface area contributed by atoms with Crippen LogP contribution in [-0.4, -0.2) is 160 Å². The lowest BCUT2D eigenvalue weighted by Gasteiger charge is -2.46. The molecule has 286 valence electrons. The van der Waals surface area contributed by atoms with Crippen LogP contribution in [0.2, 0.25) is 0 Å². The Balaban J connectivity index is 1.37.